The van der Waals surface area contributed by atoms with Crippen molar-refractivity contribution in [3.63, 3.8) is 0 Å². The first-order chi connectivity index (χ1) is 14.3. The quantitative estimate of drug-likeness (QED) is 0.293. The number of aldehydes is 1. The minimum absolute atomic E-state index is 0.699. The van der Waals surface area contributed by atoms with Crippen LogP contribution in [0.3, 0.4) is 0 Å². The Morgan fingerprint density at radius 3 is 2.38 bits per heavy atom. The maximum atomic E-state index is 10.5. The smallest absolute Gasteiger partial charge is 0.119 e. The summed E-state index contributed by atoms with van der Waals surface area (Å²) >= 11 is 0. The van der Waals surface area contributed by atoms with E-state index < -0.39 is 0 Å². The van der Waals surface area contributed by atoms with E-state index in [1.54, 1.807) is 0 Å². The van der Waals surface area contributed by atoms with Gasteiger partial charge >= 0.3 is 0 Å². The third-order valence-electron chi connectivity index (χ3n) is 6.60. The van der Waals surface area contributed by atoms with Crippen LogP contribution in [0.15, 0.2) is 42.6 Å². The Morgan fingerprint density at radius 1 is 0.931 bits per heavy atom. The number of aromatic nitrogens is 1. The number of benzene rings is 1. The molecule has 3 rings (SSSR count). The summed E-state index contributed by atoms with van der Waals surface area (Å²) in [6.07, 6.45) is 17.7. The summed E-state index contributed by atoms with van der Waals surface area (Å²) < 4.78 is 0. The maximum absolute atomic E-state index is 10.5. The van der Waals surface area contributed by atoms with Gasteiger partial charge in [-0.15, -0.1) is 0 Å². The number of unbranched alkanes of at least 4 members (excludes halogenated alkanes) is 4. The van der Waals surface area contributed by atoms with Crippen molar-refractivity contribution in [3.8, 4) is 11.3 Å². The molecule has 0 atom stereocenters. The van der Waals surface area contributed by atoms with Gasteiger partial charge in [-0.3, -0.25) is 4.98 Å². The van der Waals surface area contributed by atoms with Crippen molar-refractivity contribution in [1.82, 2.24) is 4.98 Å². The molecule has 0 amide bonds. The zero-order chi connectivity index (χ0) is 20.3. The third kappa shape index (κ3) is 6.80. The lowest BCUT2D eigenvalue weighted by Gasteiger charge is -2.28. The molecule has 2 heteroatoms. The number of carbonyl (C=O) groups is 1. The Morgan fingerprint density at radius 2 is 1.72 bits per heavy atom. The molecule has 1 aliphatic carbocycles. The summed E-state index contributed by atoms with van der Waals surface area (Å²) in [6.45, 7) is 2.25. The van der Waals surface area contributed by atoms with Gasteiger partial charge in [0.25, 0.3) is 0 Å². The van der Waals surface area contributed by atoms with Crippen molar-refractivity contribution < 1.29 is 4.79 Å². The van der Waals surface area contributed by atoms with Crippen molar-refractivity contribution in [3.05, 3.63) is 53.7 Å². The lowest BCUT2D eigenvalue weighted by Crippen LogP contribution is -2.13. The molecule has 2 aromatic rings. The van der Waals surface area contributed by atoms with E-state index in [1.807, 2.05) is 0 Å². The molecule has 0 unspecified atom stereocenters. The lowest BCUT2D eigenvalue weighted by molar-refractivity contribution is -0.108. The van der Waals surface area contributed by atoms with Gasteiger partial charge in [-0.25, -0.2) is 0 Å². The topological polar surface area (TPSA) is 30.0 Å². The highest BCUT2D eigenvalue weighted by molar-refractivity contribution is 5.59. The summed E-state index contributed by atoms with van der Waals surface area (Å²) in [5.41, 5.74) is 5.13. The van der Waals surface area contributed by atoms with Crippen molar-refractivity contribution in [2.45, 2.75) is 89.9 Å². The molecule has 2 nitrogen and oxygen atoms in total. The van der Waals surface area contributed by atoms with E-state index >= 15 is 0 Å². The molecule has 0 radical (unpaired) electrons. The predicted octanol–water partition coefficient (Wildman–Crippen LogP) is 7.51. The van der Waals surface area contributed by atoms with Crippen LogP contribution in [0.1, 0.15) is 94.6 Å². The number of pyridine rings is 1. The van der Waals surface area contributed by atoms with Crippen LogP contribution in [-0.4, -0.2) is 11.3 Å². The number of rotatable bonds is 11. The second kappa shape index (κ2) is 11.9. The molecule has 0 aliphatic heterocycles. The molecule has 0 bridgehead atoms. The fourth-order valence-electron chi connectivity index (χ4n) is 4.70. The van der Waals surface area contributed by atoms with Crippen LogP contribution < -0.4 is 0 Å². The van der Waals surface area contributed by atoms with Crippen molar-refractivity contribution in [2.75, 3.05) is 0 Å². The second-order valence-electron chi connectivity index (χ2n) is 8.80. The van der Waals surface area contributed by atoms with E-state index in [-0.39, 0.29) is 0 Å². The molecular formula is C27H37NO. The monoisotopic (exact) mass is 391 g/mol. The van der Waals surface area contributed by atoms with Gasteiger partial charge in [0.1, 0.15) is 6.29 Å². The average molecular weight is 392 g/mol. The predicted molar refractivity (Wildman–Crippen MR) is 122 cm³/mol. The maximum Gasteiger partial charge on any atom is 0.119 e. The van der Waals surface area contributed by atoms with Gasteiger partial charge in [-0.1, -0.05) is 62.9 Å². The molecule has 156 valence electrons. The van der Waals surface area contributed by atoms with Gasteiger partial charge in [0.15, 0.2) is 0 Å². The normalized spacial score (nSPS) is 19.2. The number of hydrogen-bond donors (Lipinski definition) is 0. The molecule has 0 spiro atoms. The van der Waals surface area contributed by atoms with Gasteiger partial charge in [-0.05, 0) is 74.0 Å². The summed E-state index contributed by atoms with van der Waals surface area (Å²) in [5, 5.41) is 0. The SMILES string of the molecule is CCCCCCc1ccc(-c2ccc(C3CCC(CCCC=O)CC3)cc2)nc1. The highest BCUT2D eigenvalue weighted by Crippen LogP contribution is 2.38. The largest absolute Gasteiger partial charge is 0.303 e. The minimum Gasteiger partial charge on any atom is -0.303 e. The highest BCUT2D eigenvalue weighted by Gasteiger charge is 2.22. The molecular weight excluding hydrogens is 354 g/mol. The summed E-state index contributed by atoms with van der Waals surface area (Å²) in [6, 6.07) is 13.5. The van der Waals surface area contributed by atoms with Gasteiger partial charge < -0.3 is 4.79 Å². The van der Waals surface area contributed by atoms with Crippen molar-refractivity contribution in [2.24, 2.45) is 5.92 Å². The molecule has 1 heterocycles. The summed E-state index contributed by atoms with van der Waals surface area (Å²) in [7, 11) is 0. The first-order valence-electron chi connectivity index (χ1n) is 11.8. The van der Waals surface area contributed by atoms with E-state index in [4.69, 9.17) is 4.98 Å². The summed E-state index contributed by atoms with van der Waals surface area (Å²) in [5.74, 6) is 1.53. The Balaban J connectivity index is 1.49. The Bertz CT molecular complexity index is 711. The highest BCUT2D eigenvalue weighted by atomic mass is 16.1. The van der Waals surface area contributed by atoms with Crippen molar-refractivity contribution in [1.29, 1.82) is 0 Å². The van der Waals surface area contributed by atoms with Gasteiger partial charge in [-0.2, -0.15) is 0 Å². The minimum atomic E-state index is 0.699. The Hall–Kier alpha value is -1.96. The van der Waals surface area contributed by atoms with Crippen LogP contribution in [0.2, 0.25) is 0 Å². The van der Waals surface area contributed by atoms with Crippen LogP contribution in [0.25, 0.3) is 11.3 Å². The second-order valence-corrected chi connectivity index (χ2v) is 8.80. The van der Waals surface area contributed by atoms with Crippen LogP contribution in [0, 0.1) is 5.92 Å². The standard InChI is InChI=1S/C27H37NO/c1-2-3-4-5-9-23-12-19-27(28-21-23)26-17-15-25(16-18-26)24-13-10-22(11-14-24)8-6-7-20-29/h12,15-22,24H,2-11,13-14H2,1H3. The summed E-state index contributed by atoms with van der Waals surface area (Å²) in [4.78, 5) is 15.2. The zero-order valence-corrected chi connectivity index (χ0v) is 18.1. The van der Waals surface area contributed by atoms with Crippen LogP contribution in [-0.2, 0) is 11.2 Å². The average Bonchev–Trinajstić information content (AvgIpc) is 2.78. The Kier molecular flexibility index (Phi) is 8.92. The van der Waals surface area contributed by atoms with Gasteiger partial charge in [0.2, 0.25) is 0 Å². The molecule has 1 aliphatic rings. The molecule has 0 saturated heterocycles. The van der Waals surface area contributed by atoms with Crippen LogP contribution in [0.5, 0.6) is 0 Å². The third-order valence-corrected chi connectivity index (χ3v) is 6.60. The number of aryl methyl sites for hydroxylation is 1. The molecule has 1 saturated carbocycles. The fraction of sp³-hybridized carbons (Fsp3) is 0.556. The molecule has 1 aromatic heterocycles. The number of carbonyl (C=O) groups excluding carboxylic acids is 1. The number of nitrogens with zero attached hydrogens (tertiary/aromatic N) is 1. The molecule has 29 heavy (non-hydrogen) atoms. The van der Waals surface area contributed by atoms with Gasteiger partial charge in [0.05, 0.1) is 5.69 Å². The van der Waals surface area contributed by atoms with E-state index in [0.29, 0.717) is 5.92 Å². The van der Waals surface area contributed by atoms with Crippen LogP contribution >= 0.6 is 0 Å². The zero-order valence-electron chi connectivity index (χ0n) is 18.1. The molecule has 0 N–H and O–H groups in total. The van der Waals surface area contributed by atoms with E-state index in [2.05, 4.69) is 49.5 Å². The molecule has 1 fully saturated rings. The first kappa shape index (κ1) is 21.7. The van der Waals surface area contributed by atoms with Crippen molar-refractivity contribution >= 4 is 6.29 Å². The fourth-order valence-corrected chi connectivity index (χ4v) is 4.70. The number of hydrogen-bond acceptors (Lipinski definition) is 2. The van der Waals surface area contributed by atoms with E-state index in [1.165, 1.54) is 74.5 Å². The lowest BCUT2D eigenvalue weighted by atomic mass is 9.77. The van der Waals surface area contributed by atoms with E-state index in [9.17, 15) is 4.79 Å². The van der Waals surface area contributed by atoms with E-state index in [0.717, 1.165) is 37.2 Å². The van der Waals surface area contributed by atoms with Crippen LogP contribution in [0.4, 0.5) is 0 Å². The Labute approximate surface area is 177 Å². The molecule has 1 aromatic carbocycles. The van der Waals surface area contributed by atoms with Gasteiger partial charge in [0, 0.05) is 18.2 Å². The first-order valence-corrected chi connectivity index (χ1v) is 11.8.